The van der Waals surface area contributed by atoms with Crippen molar-refractivity contribution in [3.05, 3.63) is 41.5 Å². The van der Waals surface area contributed by atoms with Gasteiger partial charge in [-0.15, -0.1) is 0 Å². The zero-order chi connectivity index (χ0) is 24.4. The van der Waals surface area contributed by atoms with Crippen LogP contribution >= 0.6 is 0 Å². The molecule has 0 heterocycles. The quantitative estimate of drug-likeness (QED) is 0.439. The van der Waals surface area contributed by atoms with Crippen molar-refractivity contribution in [1.29, 1.82) is 0 Å². The van der Waals surface area contributed by atoms with Gasteiger partial charge in [-0.2, -0.15) is 0 Å². The van der Waals surface area contributed by atoms with Crippen molar-refractivity contribution in [2.24, 2.45) is 28.6 Å². The Morgan fingerprint density at radius 3 is 2.44 bits per heavy atom. The van der Waals surface area contributed by atoms with Crippen LogP contribution in [0.2, 0.25) is 0 Å². The maximum absolute atomic E-state index is 12.8. The average molecular weight is 469 g/mol. The first-order chi connectivity index (χ1) is 16.1. The first-order valence-corrected chi connectivity index (χ1v) is 13.0. The van der Waals surface area contributed by atoms with Crippen molar-refractivity contribution >= 4 is 5.78 Å². The summed E-state index contributed by atoms with van der Waals surface area (Å²) < 4.78 is 12.1. The molecule has 4 aliphatic rings. The van der Waals surface area contributed by atoms with Gasteiger partial charge in [-0.05, 0) is 86.3 Å². The number of fused-ring (bicyclic) bond motifs is 5. The van der Waals surface area contributed by atoms with E-state index in [2.05, 4.69) is 19.9 Å². The number of hydrogen-bond donors (Lipinski definition) is 2. The molecule has 1 aromatic carbocycles. The van der Waals surface area contributed by atoms with Crippen molar-refractivity contribution in [2.45, 2.75) is 90.1 Å². The number of aliphatic hydroxyl groups is 1. The standard InChI is InChI=1S/C29H40O5/c1-19(30)29(33-4)14-12-25-23-10-7-21-17-28(32,34-18-20-5-8-22(31)9-6-20)16-15-26(21,2)24(23)11-13-27(25,29)3/h5-9,23-25,31-32H,10-18H2,1-4H3/t23?,24?,25?,26-,27-,28-,29+/m0/s1. The summed E-state index contributed by atoms with van der Waals surface area (Å²) in [7, 11) is 1.72. The summed E-state index contributed by atoms with van der Waals surface area (Å²) in [6.07, 6.45) is 9.53. The second-order valence-electron chi connectivity index (χ2n) is 11.9. The molecular weight excluding hydrogens is 428 g/mol. The molecule has 2 N–H and O–H groups in total. The minimum Gasteiger partial charge on any atom is -0.508 e. The number of aromatic hydroxyl groups is 1. The maximum atomic E-state index is 12.8. The number of phenolic OH excluding ortho intramolecular Hbond substituents is 1. The SMILES string of the molecule is CO[C@@]1(C(C)=O)CCC2C3CC=C4C[C@@](O)(OCc5ccc(O)cc5)CC[C@]4(C)C3CC[C@@]21C. The van der Waals surface area contributed by atoms with Gasteiger partial charge in [0.1, 0.15) is 11.4 Å². The number of benzene rings is 1. The molecule has 0 saturated heterocycles. The first kappa shape index (κ1) is 24.0. The third-order valence-corrected chi connectivity index (χ3v) is 10.6. The summed E-state index contributed by atoms with van der Waals surface area (Å²) in [5.74, 6) is 0.905. The van der Waals surface area contributed by atoms with Crippen molar-refractivity contribution in [3.63, 3.8) is 0 Å². The van der Waals surface area contributed by atoms with E-state index in [4.69, 9.17) is 9.47 Å². The van der Waals surface area contributed by atoms with Gasteiger partial charge in [-0.3, -0.25) is 4.79 Å². The van der Waals surface area contributed by atoms with Crippen LogP contribution in [-0.2, 0) is 20.9 Å². The van der Waals surface area contributed by atoms with E-state index in [-0.39, 0.29) is 22.4 Å². The van der Waals surface area contributed by atoms with Crippen LogP contribution in [0, 0.1) is 28.6 Å². The van der Waals surface area contributed by atoms with E-state index in [1.54, 1.807) is 26.2 Å². The second-order valence-corrected chi connectivity index (χ2v) is 11.9. The van der Waals surface area contributed by atoms with Crippen LogP contribution < -0.4 is 0 Å². The van der Waals surface area contributed by atoms with Crippen LogP contribution in [0.4, 0.5) is 0 Å². The van der Waals surface area contributed by atoms with Gasteiger partial charge in [0.25, 0.3) is 0 Å². The highest BCUT2D eigenvalue weighted by Gasteiger charge is 2.66. The van der Waals surface area contributed by atoms with E-state index in [1.165, 1.54) is 5.57 Å². The summed E-state index contributed by atoms with van der Waals surface area (Å²) in [5.41, 5.74) is 1.63. The molecule has 186 valence electrons. The fourth-order valence-electron chi connectivity index (χ4n) is 8.61. The third-order valence-electron chi connectivity index (χ3n) is 10.6. The summed E-state index contributed by atoms with van der Waals surface area (Å²) >= 11 is 0. The topological polar surface area (TPSA) is 76.0 Å². The number of rotatable bonds is 5. The van der Waals surface area contributed by atoms with Gasteiger partial charge in [-0.1, -0.05) is 37.6 Å². The average Bonchev–Trinajstić information content (AvgIpc) is 3.13. The Morgan fingerprint density at radius 2 is 1.76 bits per heavy atom. The van der Waals surface area contributed by atoms with E-state index in [1.807, 2.05) is 12.1 Å². The molecule has 7 atom stereocenters. The van der Waals surface area contributed by atoms with Crippen LogP contribution in [0.25, 0.3) is 0 Å². The van der Waals surface area contributed by atoms with E-state index < -0.39 is 11.4 Å². The van der Waals surface area contributed by atoms with Crippen molar-refractivity contribution in [3.8, 4) is 5.75 Å². The molecule has 3 fully saturated rings. The number of carbonyl (C=O) groups is 1. The van der Waals surface area contributed by atoms with Gasteiger partial charge in [0.15, 0.2) is 11.6 Å². The molecule has 5 nitrogen and oxygen atoms in total. The fraction of sp³-hybridized carbons (Fsp3) is 0.690. The van der Waals surface area contributed by atoms with Crippen LogP contribution in [0.15, 0.2) is 35.9 Å². The Morgan fingerprint density at radius 1 is 1.06 bits per heavy atom. The Labute approximate surface area is 203 Å². The molecule has 0 bridgehead atoms. The lowest BCUT2D eigenvalue weighted by Crippen LogP contribution is -2.58. The zero-order valence-corrected chi connectivity index (χ0v) is 21.1. The maximum Gasteiger partial charge on any atom is 0.169 e. The Hall–Kier alpha value is -1.69. The van der Waals surface area contributed by atoms with Crippen LogP contribution in [0.3, 0.4) is 0 Å². The predicted molar refractivity (Wildman–Crippen MR) is 130 cm³/mol. The fourth-order valence-corrected chi connectivity index (χ4v) is 8.61. The highest BCUT2D eigenvalue weighted by atomic mass is 16.6. The van der Waals surface area contributed by atoms with Crippen LogP contribution in [0.1, 0.15) is 77.7 Å². The van der Waals surface area contributed by atoms with E-state index in [9.17, 15) is 15.0 Å². The van der Waals surface area contributed by atoms with Gasteiger partial charge in [0, 0.05) is 25.4 Å². The smallest absolute Gasteiger partial charge is 0.169 e. The first-order valence-electron chi connectivity index (χ1n) is 13.0. The molecule has 0 amide bonds. The van der Waals surface area contributed by atoms with Crippen molar-refractivity contribution in [2.75, 3.05) is 7.11 Å². The van der Waals surface area contributed by atoms with Gasteiger partial charge in [0.2, 0.25) is 0 Å². The summed E-state index contributed by atoms with van der Waals surface area (Å²) in [6.45, 7) is 6.76. The molecule has 4 aliphatic carbocycles. The molecule has 3 saturated carbocycles. The molecule has 5 heteroatoms. The molecular formula is C29H40O5. The second kappa shape index (κ2) is 8.18. The minimum atomic E-state index is -1.15. The molecule has 5 rings (SSSR count). The molecule has 0 aliphatic heterocycles. The van der Waals surface area contributed by atoms with E-state index >= 15 is 0 Å². The third kappa shape index (κ3) is 3.42. The number of hydrogen-bond acceptors (Lipinski definition) is 5. The number of carbonyl (C=O) groups excluding carboxylic acids is 1. The van der Waals surface area contributed by atoms with E-state index in [0.29, 0.717) is 37.2 Å². The Kier molecular flexibility index (Phi) is 5.78. The van der Waals surface area contributed by atoms with Gasteiger partial charge in [-0.25, -0.2) is 0 Å². The highest BCUT2D eigenvalue weighted by Crippen LogP contribution is 2.68. The largest absolute Gasteiger partial charge is 0.508 e. The highest BCUT2D eigenvalue weighted by molar-refractivity contribution is 5.86. The number of Topliss-reactive ketones (excluding diaryl/α,β-unsaturated/α-hetero) is 1. The molecule has 1 aromatic rings. The number of ketones is 1. The Bertz CT molecular complexity index is 985. The number of allylic oxidation sites excluding steroid dienone is 1. The molecule has 3 unspecified atom stereocenters. The number of ether oxygens (including phenoxy) is 2. The predicted octanol–water partition coefficient (Wildman–Crippen LogP) is 5.53. The summed E-state index contributed by atoms with van der Waals surface area (Å²) in [6, 6.07) is 6.96. The van der Waals surface area contributed by atoms with Crippen LogP contribution in [-0.4, -0.2) is 34.5 Å². The van der Waals surface area contributed by atoms with Gasteiger partial charge < -0.3 is 19.7 Å². The van der Waals surface area contributed by atoms with Gasteiger partial charge >= 0.3 is 0 Å². The normalized spacial score (nSPS) is 43.4. The minimum absolute atomic E-state index is 0.0763. The summed E-state index contributed by atoms with van der Waals surface area (Å²) in [5, 5.41) is 20.8. The number of methoxy groups -OCH3 is 1. The molecule has 34 heavy (non-hydrogen) atoms. The Balaban J connectivity index is 1.35. The van der Waals surface area contributed by atoms with Crippen molar-refractivity contribution < 1.29 is 24.5 Å². The van der Waals surface area contributed by atoms with Crippen molar-refractivity contribution in [1.82, 2.24) is 0 Å². The molecule has 0 radical (unpaired) electrons. The lowest BCUT2D eigenvalue weighted by Gasteiger charge is -2.59. The zero-order valence-electron chi connectivity index (χ0n) is 21.1. The summed E-state index contributed by atoms with van der Waals surface area (Å²) in [4.78, 5) is 12.8. The molecule has 0 spiro atoms. The van der Waals surface area contributed by atoms with Crippen LogP contribution in [0.5, 0.6) is 5.75 Å². The van der Waals surface area contributed by atoms with Gasteiger partial charge in [0.05, 0.1) is 6.61 Å². The monoisotopic (exact) mass is 468 g/mol. The lowest BCUT2D eigenvalue weighted by molar-refractivity contribution is -0.232. The number of phenols is 1. The lowest BCUT2D eigenvalue weighted by atomic mass is 9.46. The molecule has 0 aromatic heterocycles. The van der Waals surface area contributed by atoms with E-state index in [0.717, 1.165) is 44.1 Å².